The third-order valence-electron chi connectivity index (χ3n) is 4.35. The van der Waals surface area contributed by atoms with E-state index in [9.17, 15) is 0 Å². The topological polar surface area (TPSA) is 9.23 Å². The van der Waals surface area contributed by atoms with Crippen molar-refractivity contribution in [2.24, 2.45) is 0 Å². The van der Waals surface area contributed by atoms with Crippen LogP contribution in [0.2, 0.25) is 25.3 Å². The molecule has 0 amide bonds. The molecule has 0 saturated carbocycles. The van der Waals surface area contributed by atoms with Crippen molar-refractivity contribution in [2.75, 3.05) is 0 Å². The fraction of sp³-hybridized carbons (Fsp3) is 1.00. The normalized spacial score (nSPS) is 14.4. The molecule has 0 unspecified atom stereocenters. The van der Waals surface area contributed by atoms with Gasteiger partial charge in [-0.25, -0.2) is 0 Å². The van der Waals surface area contributed by atoms with Crippen LogP contribution in [0.5, 0.6) is 0 Å². The van der Waals surface area contributed by atoms with Gasteiger partial charge in [-0.15, -0.1) is 0 Å². The van der Waals surface area contributed by atoms with E-state index in [1.54, 1.807) is 0 Å². The second-order valence-corrected chi connectivity index (χ2v) is 22.0. The van der Waals surface area contributed by atoms with Crippen LogP contribution in [0.4, 0.5) is 0 Å². The van der Waals surface area contributed by atoms with Crippen molar-refractivity contribution in [1.29, 1.82) is 0 Å². The van der Waals surface area contributed by atoms with Gasteiger partial charge in [-0.3, -0.25) is 0 Å². The van der Waals surface area contributed by atoms with Gasteiger partial charge in [0.1, 0.15) is 0 Å². The Morgan fingerprint density at radius 1 is 0.800 bits per heavy atom. The summed E-state index contributed by atoms with van der Waals surface area (Å²) in [5, 5.41) is 1.44. The molecule has 0 aliphatic heterocycles. The molecular formula is C17H38Ge2O. The van der Waals surface area contributed by atoms with Crippen LogP contribution in [-0.2, 0) is 3.76 Å². The number of rotatable bonds is 7. The maximum absolute atomic E-state index is 6.51. The Morgan fingerprint density at radius 2 is 1.20 bits per heavy atom. The number of hydrogen-bond donors (Lipinski definition) is 0. The van der Waals surface area contributed by atoms with Crippen molar-refractivity contribution in [1.82, 2.24) is 0 Å². The van der Waals surface area contributed by atoms with Gasteiger partial charge >= 0.3 is 138 Å². The molecule has 0 aliphatic carbocycles. The van der Waals surface area contributed by atoms with E-state index in [0.717, 1.165) is 0 Å². The van der Waals surface area contributed by atoms with Crippen LogP contribution < -0.4 is 0 Å². The average molecular weight is 404 g/mol. The van der Waals surface area contributed by atoms with Gasteiger partial charge in [-0.2, -0.15) is 0 Å². The molecule has 0 aliphatic rings. The van der Waals surface area contributed by atoms with Gasteiger partial charge in [-0.05, 0) is 0 Å². The molecule has 0 saturated heterocycles. The molecule has 0 fully saturated rings. The molecule has 0 bridgehead atoms. The summed E-state index contributed by atoms with van der Waals surface area (Å²) in [4.78, 5) is 0. The monoisotopic (exact) mass is 406 g/mol. The summed E-state index contributed by atoms with van der Waals surface area (Å²) >= 11 is -2.38. The van der Waals surface area contributed by atoms with Gasteiger partial charge in [-0.1, -0.05) is 0 Å². The van der Waals surface area contributed by atoms with Crippen molar-refractivity contribution in [2.45, 2.75) is 106 Å². The van der Waals surface area contributed by atoms with Crippen LogP contribution in [0.1, 0.15) is 74.7 Å². The molecular weight excluding hydrogens is 365 g/mol. The molecule has 20 heavy (non-hydrogen) atoms. The summed E-state index contributed by atoms with van der Waals surface area (Å²) in [6, 6.07) is 0. The fourth-order valence-electron chi connectivity index (χ4n) is 3.46. The first kappa shape index (κ1) is 21.0. The Kier molecular flexibility index (Phi) is 8.48. The third-order valence-corrected chi connectivity index (χ3v) is 15.3. The van der Waals surface area contributed by atoms with Gasteiger partial charge in [0.15, 0.2) is 0 Å². The molecule has 2 radical (unpaired) electrons. The zero-order valence-corrected chi connectivity index (χ0v) is 19.9. The molecule has 0 aromatic rings. The standard InChI is InChI=1S/C17H38Ge2O/c1-11-17(12-2,20-18(9)10)13-14-19(15(3,4)5)16(6,7)8/h11-14H2,1-10H3. The Balaban J connectivity index is 4.98. The predicted octanol–water partition coefficient (Wildman–Crippen LogP) is 6.30. The van der Waals surface area contributed by atoms with Crippen LogP contribution in [0.3, 0.4) is 0 Å². The third kappa shape index (κ3) is 6.87. The van der Waals surface area contributed by atoms with Crippen LogP contribution in [0.25, 0.3) is 0 Å². The predicted molar refractivity (Wildman–Crippen MR) is 96.5 cm³/mol. The van der Waals surface area contributed by atoms with E-state index in [1.165, 1.54) is 24.5 Å². The summed E-state index contributed by atoms with van der Waals surface area (Å²) in [5.41, 5.74) is 0.188. The van der Waals surface area contributed by atoms with E-state index in [0.29, 0.717) is 8.49 Å². The minimum absolute atomic E-state index is 0.188. The Bertz CT molecular complexity index is 256. The van der Waals surface area contributed by atoms with Gasteiger partial charge in [0.25, 0.3) is 0 Å². The Hall–Kier alpha value is 1.05. The SMILES string of the molecule is CCC(CC)(C[CH2][Ge]([C](C)(C)C)[C](C)(C)C)[O][Ge]([CH3])[CH3]. The van der Waals surface area contributed by atoms with Crippen LogP contribution >= 0.6 is 0 Å². The van der Waals surface area contributed by atoms with E-state index in [4.69, 9.17) is 3.76 Å². The maximum atomic E-state index is 6.51. The molecule has 0 spiro atoms. The molecule has 0 rings (SSSR count). The van der Waals surface area contributed by atoms with Crippen LogP contribution in [0.15, 0.2) is 0 Å². The fourth-order valence-corrected chi connectivity index (χ4v) is 15.4. The van der Waals surface area contributed by atoms with Crippen molar-refractivity contribution >= 4 is 29.0 Å². The number of hydrogen-bond acceptors (Lipinski definition) is 1. The summed E-state index contributed by atoms with van der Waals surface area (Å²) in [7, 11) is 0. The van der Waals surface area contributed by atoms with Crippen molar-refractivity contribution in [3.05, 3.63) is 0 Å². The Morgan fingerprint density at radius 3 is 1.45 bits per heavy atom. The summed E-state index contributed by atoms with van der Waals surface area (Å²) < 4.78 is 7.57. The molecule has 120 valence electrons. The van der Waals surface area contributed by atoms with Crippen LogP contribution in [0, 0.1) is 0 Å². The first-order valence-corrected chi connectivity index (χ1v) is 16.9. The minimum atomic E-state index is -1.22. The summed E-state index contributed by atoms with van der Waals surface area (Å²) in [5.74, 6) is 4.68. The quantitative estimate of drug-likeness (QED) is 0.453. The average Bonchev–Trinajstić information content (AvgIpc) is 2.23. The zero-order chi connectivity index (χ0) is 16.2. The second kappa shape index (κ2) is 8.05. The summed E-state index contributed by atoms with van der Waals surface area (Å²) in [6.45, 7) is 19.4. The van der Waals surface area contributed by atoms with E-state index < -0.39 is 29.0 Å². The van der Waals surface area contributed by atoms with Crippen molar-refractivity contribution in [3.8, 4) is 0 Å². The van der Waals surface area contributed by atoms with Crippen LogP contribution in [-0.4, -0.2) is 34.6 Å². The molecule has 0 heterocycles. The molecule has 0 N–H and O–H groups in total. The van der Waals surface area contributed by atoms with Gasteiger partial charge in [0.2, 0.25) is 0 Å². The van der Waals surface area contributed by atoms with E-state index in [-0.39, 0.29) is 5.60 Å². The molecule has 3 heteroatoms. The second-order valence-electron chi connectivity index (χ2n) is 8.38. The first-order chi connectivity index (χ1) is 8.88. The van der Waals surface area contributed by atoms with E-state index in [1.807, 2.05) is 0 Å². The van der Waals surface area contributed by atoms with Gasteiger partial charge < -0.3 is 0 Å². The molecule has 1 nitrogen and oxygen atoms in total. The van der Waals surface area contributed by atoms with Crippen molar-refractivity contribution in [3.63, 3.8) is 0 Å². The van der Waals surface area contributed by atoms with Gasteiger partial charge in [0.05, 0.1) is 0 Å². The molecule has 0 atom stereocenters. The summed E-state index contributed by atoms with van der Waals surface area (Å²) in [6.07, 6.45) is 3.66. The molecule has 0 aromatic heterocycles. The van der Waals surface area contributed by atoms with E-state index in [2.05, 4.69) is 66.9 Å². The zero-order valence-electron chi connectivity index (χ0n) is 15.7. The van der Waals surface area contributed by atoms with E-state index >= 15 is 0 Å². The molecule has 0 aromatic carbocycles. The van der Waals surface area contributed by atoms with Crippen molar-refractivity contribution < 1.29 is 3.76 Å². The Labute approximate surface area is 138 Å². The first-order valence-electron chi connectivity index (χ1n) is 8.24. The van der Waals surface area contributed by atoms with Gasteiger partial charge in [0, 0.05) is 0 Å².